The highest BCUT2D eigenvalue weighted by molar-refractivity contribution is 6.01. The van der Waals surface area contributed by atoms with Crippen LogP contribution >= 0.6 is 0 Å². The molecule has 0 amide bonds. The van der Waals surface area contributed by atoms with Crippen LogP contribution in [0.5, 0.6) is 0 Å². The summed E-state index contributed by atoms with van der Waals surface area (Å²) in [7, 11) is 0. The van der Waals surface area contributed by atoms with E-state index in [0.717, 1.165) is 36.8 Å². The van der Waals surface area contributed by atoms with Crippen molar-refractivity contribution in [3.8, 4) is 0 Å². The fourth-order valence-corrected chi connectivity index (χ4v) is 6.63. The monoisotopic (exact) mass is 342 g/mol. The molecule has 3 saturated carbocycles. The van der Waals surface area contributed by atoms with Crippen LogP contribution in [0, 0.1) is 28.6 Å². The molecule has 4 nitrogen and oxygen atoms in total. The van der Waals surface area contributed by atoms with Gasteiger partial charge in [-0.15, -0.1) is 0 Å². The summed E-state index contributed by atoms with van der Waals surface area (Å²) in [6.45, 7) is 4.26. The quantitative estimate of drug-likeness (QED) is 0.436. The molecule has 4 heteroatoms. The third kappa shape index (κ3) is 2.16. The summed E-state index contributed by atoms with van der Waals surface area (Å²) in [5, 5.41) is 21.2. The lowest BCUT2D eigenvalue weighted by atomic mass is 9.47. The molecule has 134 valence electrons. The van der Waals surface area contributed by atoms with Crippen LogP contribution in [0.4, 0.5) is 0 Å². The number of rotatable bonds is 1. The summed E-state index contributed by atoms with van der Waals surface area (Å²) in [6.07, 6.45) is 9.53. The first kappa shape index (κ1) is 16.8. The molecule has 0 spiro atoms. The molecule has 4 aliphatic rings. The first-order valence-electron chi connectivity index (χ1n) is 9.31. The second-order valence-electron chi connectivity index (χ2n) is 8.73. The van der Waals surface area contributed by atoms with E-state index in [0.29, 0.717) is 24.5 Å². The van der Waals surface area contributed by atoms with Gasteiger partial charge in [-0.3, -0.25) is 9.59 Å². The van der Waals surface area contributed by atoms with Crippen molar-refractivity contribution in [2.75, 3.05) is 0 Å². The summed E-state index contributed by atoms with van der Waals surface area (Å²) < 4.78 is 0. The molecular weight excluding hydrogens is 316 g/mol. The zero-order valence-electron chi connectivity index (χ0n) is 14.9. The van der Waals surface area contributed by atoms with E-state index in [1.807, 2.05) is 6.08 Å². The lowest BCUT2D eigenvalue weighted by Crippen LogP contribution is -2.55. The number of carbonyl (C=O) groups excluding carboxylic acids is 2. The maximum Gasteiger partial charge on any atom is 0.184 e. The fourth-order valence-electron chi connectivity index (χ4n) is 6.63. The smallest absolute Gasteiger partial charge is 0.184 e. The topological polar surface area (TPSA) is 74.6 Å². The fraction of sp³-hybridized carbons (Fsp3) is 0.619. The van der Waals surface area contributed by atoms with E-state index in [9.17, 15) is 19.8 Å². The molecule has 0 radical (unpaired) electrons. The Kier molecular flexibility index (Phi) is 3.63. The Morgan fingerprint density at radius 2 is 2.04 bits per heavy atom. The average Bonchev–Trinajstić information content (AvgIpc) is 2.91. The van der Waals surface area contributed by atoms with Gasteiger partial charge in [-0.2, -0.15) is 0 Å². The zero-order chi connectivity index (χ0) is 18.0. The molecule has 0 unspecified atom stereocenters. The third-order valence-electron chi connectivity index (χ3n) is 7.70. The molecular formula is C21H26O4. The lowest BCUT2D eigenvalue weighted by Gasteiger charge is -2.58. The van der Waals surface area contributed by atoms with Gasteiger partial charge in [0.25, 0.3) is 0 Å². The standard InChI is InChI=1S/C21H26O4/c1-20-8-7-13(23)9-12(20)3-4-14-15-5-6-16(18(25)11-22)21(15,2)10-17(24)19(14)20/h7-9,11,14-15,17,19,24-25H,3-6,10H2,1-2H3/b18-16+/t14-,15-,17-,19+,20+,21-/m1/s1. The number of aliphatic hydroxyl groups excluding tert-OH is 2. The molecule has 0 aromatic carbocycles. The molecule has 0 aliphatic heterocycles. The van der Waals surface area contributed by atoms with Gasteiger partial charge in [-0.1, -0.05) is 25.5 Å². The van der Waals surface area contributed by atoms with Crippen molar-refractivity contribution in [2.45, 2.75) is 52.1 Å². The number of ketones is 1. The van der Waals surface area contributed by atoms with Crippen LogP contribution in [0.3, 0.4) is 0 Å². The predicted octanol–water partition coefficient (Wildman–Crippen LogP) is 3.28. The normalized spacial score (nSPS) is 47.5. The van der Waals surface area contributed by atoms with Crippen LogP contribution in [0.15, 0.2) is 35.1 Å². The van der Waals surface area contributed by atoms with E-state index in [1.54, 1.807) is 12.2 Å². The first-order chi connectivity index (χ1) is 11.8. The van der Waals surface area contributed by atoms with Gasteiger partial charge >= 0.3 is 0 Å². The predicted molar refractivity (Wildman–Crippen MR) is 93.7 cm³/mol. The van der Waals surface area contributed by atoms with Crippen LogP contribution in [0.2, 0.25) is 0 Å². The molecule has 6 atom stereocenters. The van der Waals surface area contributed by atoms with Crippen molar-refractivity contribution in [3.63, 3.8) is 0 Å². The maximum absolute atomic E-state index is 11.8. The Balaban J connectivity index is 1.76. The number of allylic oxidation sites excluding steroid dienone is 6. The van der Waals surface area contributed by atoms with Gasteiger partial charge in [-0.05, 0) is 67.1 Å². The summed E-state index contributed by atoms with van der Waals surface area (Å²) in [6, 6.07) is 0. The SMILES string of the molecule is C[C@]12C=CC(=O)C=C1CC[C@H]1[C@H]2[C@H](O)C[C@@]2(C)/C(=C(/O)C=O)CC[C@H]12. The number of carbonyl (C=O) groups is 2. The van der Waals surface area contributed by atoms with Crippen LogP contribution in [-0.2, 0) is 9.59 Å². The average molecular weight is 342 g/mol. The van der Waals surface area contributed by atoms with Crippen molar-refractivity contribution in [1.29, 1.82) is 0 Å². The van der Waals surface area contributed by atoms with Crippen LogP contribution in [-0.4, -0.2) is 28.4 Å². The van der Waals surface area contributed by atoms with Gasteiger partial charge in [0, 0.05) is 11.3 Å². The number of hydrogen-bond acceptors (Lipinski definition) is 4. The van der Waals surface area contributed by atoms with E-state index in [2.05, 4.69) is 13.8 Å². The van der Waals surface area contributed by atoms with Gasteiger partial charge < -0.3 is 10.2 Å². The van der Waals surface area contributed by atoms with E-state index < -0.39 is 6.10 Å². The van der Waals surface area contributed by atoms with Gasteiger partial charge in [0.1, 0.15) is 0 Å². The number of aliphatic hydroxyl groups is 2. The van der Waals surface area contributed by atoms with Gasteiger partial charge in [-0.25, -0.2) is 0 Å². The molecule has 25 heavy (non-hydrogen) atoms. The summed E-state index contributed by atoms with van der Waals surface area (Å²) in [5.74, 6) is 0.699. The van der Waals surface area contributed by atoms with E-state index >= 15 is 0 Å². The van der Waals surface area contributed by atoms with Crippen molar-refractivity contribution in [3.05, 3.63) is 35.1 Å². The molecule has 0 saturated heterocycles. The minimum Gasteiger partial charge on any atom is -0.505 e. The van der Waals surface area contributed by atoms with Crippen LogP contribution < -0.4 is 0 Å². The Morgan fingerprint density at radius 1 is 1.28 bits per heavy atom. The molecule has 3 fully saturated rings. The maximum atomic E-state index is 11.8. The van der Waals surface area contributed by atoms with Gasteiger partial charge in [0.15, 0.2) is 17.8 Å². The Bertz CT molecular complexity index is 730. The molecule has 0 bridgehead atoms. The van der Waals surface area contributed by atoms with Crippen molar-refractivity contribution < 1.29 is 19.8 Å². The molecule has 4 rings (SSSR count). The van der Waals surface area contributed by atoms with E-state index in [-0.39, 0.29) is 28.3 Å². The first-order valence-corrected chi connectivity index (χ1v) is 9.31. The highest BCUT2D eigenvalue weighted by Crippen LogP contribution is 2.66. The minimum absolute atomic E-state index is 0.0445. The van der Waals surface area contributed by atoms with Crippen molar-refractivity contribution in [2.24, 2.45) is 28.6 Å². The zero-order valence-corrected chi connectivity index (χ0v) is 14.9. The largest absolute Gasteiger partial charge is 0.505 e. The summed E-state index contributed by atoms with van der Waals surface area (Å²) in [5.41, 5.74) is 1.40. The molecule has 4 aliphatic carbocycles. The van der Waals surface area contributed by atoms with Crippen molar-refractivity contribution >= 4 is 12.1 Å². The Hall–Kier alpha value is -1.68. The highest BCUT2D eigenvalue weighted by Gasteiger charge is 2.60. The van der Waals surface area contributed by atoms with Crippen molar-refractivity contribution in [1.82, 2.24) is 0 Å². The number of hydrogen-bond donors (Lipinski definition) is 2. The Morgan fingerprint density at radius 3 is 2.76 bits per heavy atom. The third-order valence-corrected chi connectivity index (χ3v) is 7.70. The van der Waals surface area contributed by atoms with Crippen LogP contribution in [0.25, 0.3) is 0 Å². The second-order valence-corrected chi connectivity index (χ2v) is 8.73. The summed E-state index contributed by atoms with van der Waals surface area (Å²) >= 11 is 0. The minimum atomic E-state index is -0.509. The molecule has 0 aromatic rings. The number of aldehydes is 1. The van der Waals surface area contributed by atoms with E-state index in [4.69, 9.17) is 0 Å². The van der Waals surface area contributed by atoms with E-state index in [1.165, 1.54) is 0 Å². The molecule has 0 heterocycles. The van der Waals surface area contributed by atoms with Gasteiger partial charge in [0.05, 0.1) is 6.10 Å². The van der Waals surface area contributed by atoms with Crippen LogP contribution in [0.1, 0.15) is 46.0 Å². The number of fused-ring (bicyclic) bond motifs is 5. The lowest BCUT2D eigenvalue weighted by molar-refractivity contribution is -0.112. The Labute approximate surface area is 148 Å². The summed E-state index contributed by atoms with van der Waals surface area (Å²) in [4.78, 5) is 22.9. The van der Waals surface area contributed by atoms with Gasteiger partial charge in [0.2, 0.25) is 0 Å². The second kappa shape index (κ2) is 5.41. The molecule has 2 N–H and O–H groups in total. The highest BCUT2D eigenvalue weighted by atomic mass is 16.3. The molecule has 0 aromatic heterocycles.